The molecule has 0 fully saturated rings. The minimum atomic E-state index is -0.646. The van der Waals surface area contributed by atoms with E-state index in [0.717, 1.165) is 0 Å². The zero-order valence-corrected chi connectivity index (χ0v) is 11.4. The predicted octanol–water partition coefficient (Wildman–Crippen LogP) is 2.15. The molecule has 0 bridgehead atoms. The lowest BCUT2D eigenvalue weighted by atomic mass is 9.82. The molecule has 0 heterocycles. The van der Waals surface area contributed by atoms with Crippen molar-refractivity contribution in [2.75, 3.05) is 0 Å². The number of rotatable bonds is 4. The summed E-state index contributed by atoms with van der Waals surface area (Å²) in [5, 5.41) is 19.5. The topological polar surface area (TPSA) is 57.5 Å². The molecule has 16 heavy (non-hydrogen) atoms. The van der Waals surface area contributed by atoms with Crippen LogP contribution in [0.3, 0.4) is 0 Å². The van der Waals surface area contributed by atoms with Gasteiger partial charge < -0.3 is 10.2 Å². The van der Waals surface area contributed by atoms with E-state index in [1.807, 2.05) is 41.5 Å². The van der Waals surface area contributed by atoms with Crippen LogP contribution in [-0.4, -0.2) is 28.2 Å². The van der Waals surface area contributed by atoms with Crippen LogP contribution < -0.4 is 0 Å². The van der Waals surface area contributed by atoms with E-state index in [9.17, 15) is 15.0 Å². The van der Waals surface area contributed by atoms with E-state index >= 15 is 0 Å². The lowest BCUT2D eigenvalue weighted by Crippen LogP contribution is -2.32. The van der Waals surface area contributed by atoms with Crippen LogP contribution in [0.1, 0.15) is 54.4 Å². The fourth-order valence-corrected chi connectivity index (χ4v) is 1.13. The fraction of sp³-hybridized carbons (Fsp3) is 0.923. The van der Waals surface area contributed by atoms with Crippen LogP contribution in [0.4, 0.5) is 0 Å². The molecule has 0 spiro atoms. The lowest BCUT2D eigenvalue weighted by Gasteiger charge is -2.28. The summed E-state index contributed by atoms with van der Waals surface area (Å²) in [4.78, 5) is 11.6. The van der Waals surface area contributed by atoms with Gasteiger partial charge in [-0.05, 0) is 10.8 Å². The van der Waals surface area contributed by atoms with Crippen molar-refractivity contribution in [3.8, 4) is 0 Å². The Kier molecular flexibility index (Phi) is 5.15. The van der Waals surface area contributed by atoms with Crippen LogP contribution in [0.2, 0.25) is 0 Å². The molecule has 0 unspecified atom stereocenters. The van der Waals surface area contributed by atoms with Gasteiger partial charge in [-0.25, -0.2) is 0 Å². The Balaban J connectivity index is 4.21. The van der Waals surface area contributed by atoms with Crippen molar-refractivity contribution >= 4 is 5.78 Å². The third-order valence-electron chi connectivity index (χ3n) is 2.84. The molecule has 2 N–H and O–H groups in total. The van der Waals surface area contributed by atoms with Gasteiger partial charge in [0.15, 0.2) is 0 Å². The standard InChI is InChI=1S/C13H26O3/c1-12(2,3)10(15)7-9(14)8-11(16)13(4,5)6/h10-11,15-16H,7-8H2,1-6H3/t10-,11+. The van der Waals surface area contributed by atoms with Crippen LogP contribution in [0.25, 0.3) is 0 Å². The van der Waals surface area contributed by atoms with E-state index in [0.29, 0.717) is 0 Å². The Morgan fingerprint density at radius 1 is 0.875 bits per heavy atom. The van der Waals surface area contributed by atoms with Crippen molar-refractivity contribution in [1.29, 1.82) is 0 Å². The van der Waals surface area contributed by atoms with Gasteiger partial charge in [0.1, 0.15) is 5.78 Å². The van der Waals surface area contributed by atoms with Crippen molar-refractivity contribution < 1.29 is 15.0 Å². The first kappa shape index (κ1) is 15.6. The second-order valence-corrected chi connectivity index (χ2v) is 6.71. The summed E-state index contributed by atoms with van der Waals surface area (Å²) >= 11 is 0. The van der Waals surface area contributed by atoms with Crippen LogP contribution in [0.15, 0.2) is 0 Å². The van der Waals surface area contributed by atoms with Gasteiger partial charge in [-0.15, -0.1) is 0 Å². The molecular weight excluding hydrogens is 204 g/mol. The molecule has 0 aliphatic heterocycles. The van der Waals surface area contributed by atoms with Crippen LogP contribution in [-0.2, 0) is 4.79 Å². The summed E-state index contributed by atoms with van der Waals surface area (Å²) in [5.41, 5.74) is -0.579. The summed E-state index contributed by atoms with van der Waals surface area (Å²) in [6.07, 6.45) is -1.05. The number of aliphatic hydroxyl groups is 2. The first-order valence-corrected chi connectivity index (χ1v) is 5.82. The molecule has 0 aliphatic rings. The van der Waals surface area contributed by atoms with Gasteiger partial charge in [-0.2, -0.15) is 0 Å². The summed E-state index contributed by atoms with van der Waals surface area (Å²) < 4.78 is 0. The van der Waals surface area contributed by atoms with Crippen molar-refractivity contribution in [3.63, 3.8) is 0 Å². The van der Waals surface area contributed by atoms with Gasteiger partial charge in [-0.3, -0.25) is 4.79 Å². The zero-order chi connectivity index (χ0) is 13.1. The average Bonchev–Trinajstić information content (AvgIpc) is 1.99. The van der Waals surface area contributed by atoms with Gasteiger partial charge in [0.25, 0.3) is 0 Å². The van der Waals surface area contributed by atoms with Crippen LogP contribution >= 0.6 is 0 Å². The van der Waals surface area contributed by atoms with Gasteiger partial charge >= 0.3 is 0 Å². The molecule has 2 atom stereocenters. The number of carbonyl (C=O) groups is 1. The summed E-state index contributed by atoms with van der Waals surface area (Å²) in [7, 11) is 0. The quantitative estimate of drug-likeness (QED) is 0.778. The predicted molar refractivity (Wildman–Crippen MR) is 65.2 cm³/mol. The maximum Gasteiger partial charge on any atom is 0.138 e. The second-order valence-electron chi connectivity index (χ2n) is 6.71. The van der Waals surface area contributed by atoms with Crippen molar-refractivity contribution in [2.24, 2.45) is 10.8 Å². The van der Waals surface area contributed by atoms with Crippen molar-refractivity contribution in [2.45, 2.75) is 66.6 Å². The Labute approximate surface area is 98.9 Å². The number of ketones is 1. The molecule has 0 aromatic carbocycles. The highest BCUT2D eigenvalue weighted by molar-refractivity contribution is 5.79. The van der Waals surface area contributed by atoms with Gasteiger partial charge in [0.05, 0.1) is 12.2 Å². The van der Waals surface area contributed by atoms with E-state index in [1.165, 1.54) is 0 Å². The van der Waals surface area contributed by atoms with E-state index < -0.39 is 12.2 Å². The largest absolute Gasteiger partial charge is 0.392 e. The molecule has 0 rings (SSSR count). The monoisotopic (exact) mass is 230 g/mol. The first-order chi connectivity index (χ1) is 6.94. The summed E-state index contributed by atoms with van der Waals surface area (Å²) in [5.74, 6) is -0.0788. The maximum atomic E-state index is 11.6. The third-order valence-corrected chi connectivity index (χ3v) is 2.84. The van der Waals surface area contributed by atoms with Crippen LogP contribution in [0, 0.1) is 10.8 Å². The average molecular weight is 230 g/mol. The smallest absolute Gasteiger partial charge is 0.138 e. The molecule has 0 aromatic heterocycles. The molecule has 0 aromatic rings. The Morgan fingerprint density at radius 2 is 1.12 bits per heavy atom. The Hall–Kier alpha value is -0.410. The highest BCUT2D eigenvalue weighted by Crippen LogP contribution is 2.25. The SMILES string of the molecule is CC(C)(C)[C@H](O)CC(=O)C[C@H](O)C(C)(C)C. The highest BCUT2D eigenvalue weighted by atomic mass is 16.3. The van der Waals surface area contributed by atoms with E-state index in [4.69, 9.17) is 0 Å². The van der Waals surface area contributed by atoms with Crippen molar-refractivity contribution in [1.82, 2.24) is 0 Å². The minimum absolute atomic E-state index is 0.0788. The molecular formula is C13H26O3. The number of Topliss-reactive ketones (excluding diaryl/α,β-unsaturated/α-hetero) is 1. The molecule has 0 saturated carbocycles. The van der Waals surface area contributed by atoms with Gasteiger partial charge in [0, 0.05) is 12.8 Å². The highest BCUT2D eigenvalue weighted by Gasteiger charge is 2.28. The number of hydrogen-bond donors (Lipinski definition) is 2. The number of aliphatic hydroxyl groups excluding tert-OH is 2. The molecule has 0 amide bonds. The Morgan fingerprint density at radius 3 is 1.31 bits per heavy atom. The second kappa shape index (κ2) is 5.28. The molecule has 96 valence electrons. The fourth-order valence-electron chi connectivity index (χ4n) is 1.13. The van der Waals surface area contributed by atoms with Crippen molar-refractivity contribution in [3.05, 3.63) is 0 Å². The zero-order valence-electron chi connectivity index (χ0n) is 11.4. The summed E-state index contributed by atoms with van der Waals surface area (Å²) in [6.45, 7) is 11.4. The molecule has 3 nitrogen and oxygen atoms in total. The minimum Gasteiger partial charge on any atom is -0.392 e. The summed E-state index contributed by atoms with van der Waals surface area (Å²) in [6, 6.07) is 0. The van der Waals surface area contributed by atoms with Gasteiger partial charge in [-0.1, -0.05) is 41.5 Å². The molecule has 0 aliphatic carbocycles. The first-order valence-electron chi connectivity index (χ1n) is 5.82. The number of hydrogen-bond acceptors (Lipinski definition) is 3. The molecule has 0 saturated heterocycles. The lowest BCUT2D eigenvalue weighted by molar-refractivity contribution is -0.126. The van der Waals surface area contributed by atoms with Gasteiger partial charge in [0.2, 0.25) is 0 Å². The van der Waals surface area contributed by atoms with E-state index in [1.54, 1.807) is 0 Å². The maximum absolute atomic E-state index is 11.6. The normalized spacial score (nSPS) is 17.0. The Bertz CT molecular complexity index is 209. The molecule has 3 heteroatoms. The molecule has 0 radical (unpaired) electrons. The van der Waals surface area contributed by atoms with Crippen LogP contribution in [0.5, 0.6) is 0 Å². The number of carbonyl (C=O) groups excluding carboxylic acids is 1. The van der Waals surface area contributed by atoms with E-state index in [2.05, 4.69) is 0 Å². The van der Waals surface area contributed by atoms with E-state index in [-0.39, 0.29) is 29.5 Å². The third kappa shape index (κ3) is 5.61.